The Kier molecular flexibility index (Phi) is 2.80. The van der Waals surface area contributed by atoms with Crippen LogP contribution in [0.5, 0.6) is 0 Å². The fourth-order valence-electron chi connectivity index (χ4n) is 2.41. The molecule has 3 atom stereocenters. The molecule has 0 radical (unpaired) electrons. The minimum atomic E-state index is -1.62. The Balaban J connectivity index is 2.00. The Morgan fingerprint density at radius 2 is 1.94 bits per heavy atom. The molecule has 16 heavy (non-hydrogen) atoms. The van der Waals surface area contributed by atoms with E-state index in [1.165, 1.54) is 19.3 Å². The van der Waals surface area contributed by atoms with Crippen LogP contribution in [0.15, 0.2) is 0 Å². The summed E-state index contributed by atoms with van der Waals surface area (Å²) in [7, 11) is -1.62. The van der Waals surface area contributed by atoms with Crippen LogP contribution in [0, 0.1) is 0 Å². The van der Waals surface area contributed by atoms with Gasteiger partial charge in [-0.3, -0.25) is 0 Å². The molecule has 1 saturated heterocycles. The predicted molar refractivity (Wildman–Crippen MR) is 69.2 cm³/mol. The van der Waals surface area contributed by atoms with Gasteiger partial charge in [0.1, 0.15) is 6.10 Å². The number of ether oxygens (including phenoxy) is 1. The second kappa shape index (κ2) is 3.56. The Morgan fingerprint density at radius 1 is 1.31 bits per heavy atom. The third-order valence-corrected chi connectivity index (χ3v) is 9.20. The Bertz CT molecular complexity index is 282. The quantitative estimate of drug-likeness (QED) is 0.544. The van der Waals surface area contributed by atoms with Crippen LogP contribution in [-0.2, 0) is 9.16 Å². The summed E-state index contributed by atoms with van der Waals surface area (Å²) in [4.78, 5) is 0. The maximum absolute atomic E-state index is 6.48. The van der Waals surface area contributed by atoms with Crippen molar-refractivity contribution < 1.29 is 9.16 Å². The lowest BCUT2D eigenvalue weighted by atomic mass is 9.89. The molecule has 1 aliphatic heterocycles. The molecule has 2 rings (SSSR count). The van der Waals surface area contributed by atoms with E-state index in [-0.39, 0.29) is 5.60 Å². The first kappa shape index (κ1) is 12.6. The van der Waals surface area contributed by atoms with E-state index in [0.29, 0.717) is 17.2 Å². The molecule has 2 fully saturated rings. The fraction of sp³-hybridized carbons (Fsp3) is 1.00. The molecular formula is C13H26O2Si. The standard InChI is InChI=1S/C13H26O2Si/c1-12(2,3)16(5,6)15-10-8-7-9-13(4)11(10)14-13/h10-11H,7-9H2,1-6H3/t10-,11-,13+/m1/s1. The molecule has 0 amide bonds. The van der Waals surface area contributed by atoms with Crippen molar-refractivity contribution in [3.8, 4) is 0 Å². The van der Waals surface area contributed by atoms with E-state index in [4.69, 9.17) is 9.16 Å². The van der Waals surface area contributed by atoms with Crippen LogP contribution in [0.2, 0.25) is 18.1 Å². The summed E-state index contributed by atoms with van der Waals surface area (Å²) >= 11 is 0. The van der Waals surface area contributed by atoms with Gasteiger partial charge in [-0.05, 0) is 44.3 Å². The summed E-state index contributed by atoms with van der Waals surface area (Å²) in [6, 6.07) is 0. The monoisotopic (exact) mass is 242 g/mol. The minimum absolute atomic E-state index is 0.158. The molecule has 1 aliphatic carbocycles. The molecule has 94 valence electrons. The van der Waals surface area contributed by atoms with E-state index in [0.717, 1.165) is 0 Å². The van der Waals surface area contributed by atoms with Crippen molar-refractivity contribution in [2.24, 2.45) is 0 Å². The van der Waals surface area contributed by atoms with Crippen molar-refractivity contribution in [1.82, 2.24) is 0 Å². The molecule has 0 aromatic rings. The van der Waals surface area contributed by atoms with Crippen LogP contribution in [0.4, 0.5) is 0 Å². The Labute approximate surface area is 101 Å². The van der Waals surface area contributed by atoms with Crippen molar-refractivity contribution in [3.63, 3.8) is 0 Å². The van der Waals surface area contributed by atoms with Crippen molar-refractivity contribution in [2.75, 3.05) is 0 Å². The maximum atomic E-state index is 6.48. The highest BCUT2D eigenvalue weighted by molar-refractivity contribution is 6.74. The first-order chi connectivity index (χ1) is 7.16. The van der Waals surface area contributed by atoms with Crippen molar-refractivity contribution in [3.05, 3.63) is 0 Å². The highest BCUT2D eigenvalue weighted by Gasteiger charge is 2.59. The molecular weight excluding hydrogens is 216 g/mol. The van der Waals surface area contributed by atoms with Crippen molar-refractivity contribution in [2.45, 2.75) is 82.9 Å². The minimum Gasteiger partial charge on any atom is -0.411 e. The second-order valence-electron chi connectivity index (χ2n) is 7.16. The van der Waals surface area contributed by atoms with Gasteiger partial charge in [0.15, 0.2) is 8.32 Å². The summed E-state index contributed by atoms with van der Waals surface area (Å²) in [5.41, 5.74) is 0.158. The van der Waals surface area contributed by atoms with Crippen molar-refractivity contribution >= 4 is 8.32 Å². The summed E-state index contributed by atoms with van der Waals surface area (Å²) in [6.07, 6.45) is 4.41. The first-order valence-electron chi connectivity index (χ1n) is 6.51. The number of hydrogen-bond donors (Lipinski definition) is 0. The average molecular weight is 242 g/mol. The molecule has 0 aromatic heterocycles. The number of fused-ring (bicyclic) bond motifs is 1. The first-order valence-corrected chi connectivity index (χ1v) is 9.42. The third-order valence-electron chi connectivity index (χ3n) is 4.69. The molecule has 1 saturated carbocycles. The number of rotatable bonds is 2. The van der Waals surface area contributed by atoms with Crippen molar-refractivity contribution in [1.29, 1.82) is 0 Å². The predicted octanol–water partition coefficient (Wildman–Crippen LogP) is 3.72. The van der Waals surface area contributed by atoms with Crippen LogP contribution in [-0.4, -0.2) is 26.1 Å². The number of epoxide rings is 1. The zero-order valence-electron chi connectivity index (χ0n) is 11.6. The molecule has 0 unspecified atom stereocenters. The summed E-state index contributed by atoms with van der Waals surface area (Å²) in [6.45, 7) is 13.8. The summed E-state index contributed by atoms with van der Waals surface area (Å²) < 4.78 is 12.3. The smallest absolute Gasteiger partial charge is 0.192 e. The lowest BCUT2D eigenvalue weighted by Gasteiger charge is -2.40. The highest BCUT2D eigenvalue weighted by Crippen LogP contribution is 2.50. The second-order valence-corrected chi connectivity index (χ2v) is 11.9. The van der Waals surface area contributed by atoms with Gasteiger partial charge in [0.25, 0.3) is 0 Å². The van der Waals surface area contributed by atoms with E-state index in [9.17, 15) is 0 Å². The van der Waals surface area contributed by atoms with Crippen LogP contribution >= 0.6 is 0 Å². The van der Waals surface area contributed by atoms with Gasteiger partial charge in [-0.2, -0.15) is 0 Å². The highest BCUT2D eigenvalue weighted by atomic mass is 28.4. The largest absolute Gasteiger partial charge is 0.411 e. The SMILES string of the molecule is CC(C)(C)[Si](C)(C)O[C@@H]1CCC[C@]2(C)O[C@H]12. The number of hydrogen-bond acceptors (Lipinski definition) is 2. The third kappa shape index (κ3) is 2.09. The molecule has 1 heterocycles. The molecule has 0 bridgehead atoms. The van der Waals surface area contributed by atoms with Gasteiger partial charge < -0.3 is 9.16 Å². The zero-order valence-corrected chi connectivity index (χ0v) is 12.6. The Morgan fingerprint density at radius 3 is 2.50 bits per heavy atom. The van der Waals surface area contributed by atoms with Crippen LogP contribution < -0.4 is 0 Å². The lowest BCUT2D eigenvalue weighted by molar-refractivity contribution is 0.131. The van der Waals surface area contributed by atoms with Gasteiger partial charge >= 0.3 is 0 Å². The molecule has 0 aromatic carbocycles. The fourth-order valence-corrected chi connectivity index (χ4v) is 3.76. The van der Waals surface area contributed by atoms with Gasteiger partial charge in [-0.1, -0.05) is 20.8 Å². The molecule has 2 nitrogen and oxygen atoms in total. The van der Waals surface area contributed by atoms with E-state index in [2.05, 4.69) is 40.8 Å². The average Bonchev–Trinajstić information content (AvgIpc) is 2.75. The van der Waals surface area contributed by atoms with Crippen LogP contribution in [0.1, 0.15) is 47.0 Å². The van der Waals surface area contributed by atoms with Crippen LogP contribution in [0.3, 0.4) is 0 Å². The molecule has 0 N–H and O–H groups in total. The zero-order chi connectivity index (χ0) is 12.2. The maximum Gasteiger partial charge on any atom is 0.192 e. The van der Waals surface area contributed by atoms with Gasteiger partial charge in [0.2, 0.25) is 0 Å². The summed E-state index contributed by atoms with van der Waals surface area (Å²) in [5.74, 6) is 0. The van der Waals surface area contributed by atoms with Gasteiger partial charge in [-0.15, -0.1) is 0 Å². The van der Waals surface area contributed by atoms with Gasteiger partial charge in [-0.25, -0.2) is 0 Å². The Hall–Kier alpha value is 0.137. The normalized spacial score (nSPS) is 39.4. The van der Waals surface area contributed by atoms with E-state index in [1.807, 2.05) is 0 Å². The lowest BCUT2D eigenvalue weighted by Crippen LogP contribution is -2.46. The topological polar surface area (TPSA) is 21.8 Å². The summed E-state index contributed by atoms with van der Waals surface area (Å²) in [5, 5.41) is 0.301. The van der Waals surface area contributed by atoms with E-state index < -0.39 is 8.32 Å². The van der Waals surface area contributed by atoms with Gasteiger partial charge in [0.05, 0.1) is 11.7 Å². The molecule has 2 aliphatic rings. The van der Waals surface area contributed by atoms with E-state index >= 15 is 0 Å². The van der Waals surface area contributed by atoms with E-state index in [1.54, 1.807) is 0 Å². The van der Waals surface area contributed by atoms with Gasteiger partial charge in [0, 0.05) is 0 Å². The molecule has 3 heteroatoms. The molecule has 0 spiro atoms. The van der Waals surface area contributed by atoms with Crippen LogP contribution in [0.25, 0.3) is 0 Å².